The molecule has 0 fully saturated rings. The van der Waals surface area contributed by atoms with Gasteiger partial charge in [0.15, 0.2) is 0 Å². The van der Waals surface area contributed by atoms with Gasteiger partial charge in [-0.25, -0.2) is 13.1 Å². The fourth-order valence-corrected chi connectivity index (χ4v) is 3.27. The maximum absolute atomic E-state index is 12.3. The molecule has 0 saturated heterocycles. The van der Waals surface area contributed by atoms with E-state index in [-0.39, 0.29) is 11.4 Å². The van der Waals surface area contributed by atoms with Crippen LogP contribution in [0.25, 0.3) is 0 Å². The summed E-state index contributed by atoms with van der Waals surface area (Å²) in [7, 11) is -3.72. The van der Waals surface area contributed by atoms with E-state index in [9.17, 15) is 13.2 Å². The fourth-order valence-electron chi connectivity index (χ4n) is 2.21. The Morgan fingerprint density at radius 2 is 1.67 bits per heavy atom. The summed E-state index contributed by atoms with van der Waals surface area (Å²) >= 11 is 0. The molecule has 0 atom stereocenters. The van der Waals surface area contributed by atoms with Crippen LogP contribution in [0.4, 0.5) is 5.69 Å². The van der Waals surface area contributed by atoms with Crippen LogP contribution in [0.1, 0.15) is 22.3 Å². The van der Waals surface area contributed by atoms with Crippen LogP contribution in [0.3, 0.4) is 0 Å². The van der Waals surface area contributed by atoms with E-state index in [2.05, 4.69) is 10.0 Å². The van der Waals surface area contributed by atoms with Gasteiger partial charge in [-0.3, -0.25) is 4.79 Å². The Labute approximate surface area is 143 Å². The summed E-state index contributed by atoms with van der Waals surface area (Å²) in [5, 5.41) is 2.73. The highest BCUT2D eigenvalue weighted by Gasteiger charge is 2.16. The second-order valence-electron chi connectivity index (χ2n) is 5.87. The van der Waals surface area contributed by atoms with Gasteiger partial charge < -0.3 is 5.32 Å². The third kappa shape index (κ3) is 4.21. The van der Waals surface area contributed by atoms with Gasteiger partial charge >= 0.3 is 0 Å². The van der Waals surface area contributed by atoms with E-state index in [4.69, 9.17) is 0 Å². The second kappa shape index (κ2) is 7.15. The fraction of sp³-hybridized carbons (Fsp3) is 0.278. The highest BCUT2D eigenvalue weighted by molar-refractivity contribution is 7.89. The molecule has 0 radical (unpaired) electrons. The minimum atomic E-state index is -3.72. The predicted molar refractivity (Wildman–Crippen MR) is 95.7 cm³/mol. The molecule has 2 aromatic carbocycles. The standard InChI is InChI=1S/C18H22N2O3S/c1-12-8-9-16(10-14(12)3)24(22,23)19-11-18(21)20-17-7-5-6-13(2)15(17)4/h5-10,19H,11H2,1-4H3,(H,20,21). The Morgan fingerprint density at radius 3 is 2.33 bits per heavy atom. The topological polar surface area (TPSA) is 75.3 Å². The Morgan fingerprint density at radius 1 is 0.958 bits per heavy atom. The van der Waals surface area contributed by atoms with Crippen LogP contribution in [0.2, 0.25) is 0 Å². The van der Waals surface area contributed by atoms with Gasteiger partial charge in [0.2, 0.25) is 15.9 Å². The quantitative estimate of drug-likeness (QED) is 0.874. The first-order valence-corrected chi connectivity index (χ1v) is 9.12. The lowest BCUT2D eigenvalue weighted by Gasteiger charge is -2.11. The largest absolute Gasteiger partial charge is 0.325 e. The monoisotopic (exact) mass is 346 g/mol. The number of carbonyl (C=O) groups excluding carboxylic acids is 1. The molecular weight excluding hydrogens is 324 g/mol. The Kier molecular flexibility index (Phi) is 5.41. The molecule has 0 heterocycles. The van der Waals surface area contributed by atoms with Gasteiger partial charge in [0, 0.05) is 5.69 Å². The van der Waals surface area contributed by atoms with E-state index in [0.717, 1.165) is 22.3 Å². The summed E-state index contributed by atoms with van der Waals surface area (Å²) in [4.78, 5) is 12.2. The van der Waals surface area contributed by atoms with Gasteiger partial charge in [-0.2, -0.15) is 0 Å². The summed E-state index contributed by atoms with van der Waals surface area (Å²) in [5.74, 6) is -0.406. The number of rotatable bonds is 5. The van der Waals surface area contributed by atoms with Crippen LogP contribution in [-0.2, 0) is 14.8 Å². The normalized spacial score (nSPS) is 11.3. The molecule has 0 aliphatic heterocycles. The Bertz CT molecular complexity index is 874. The van der Waals surface area contributed by atoms with Gasteiger partial charge in [0.25, 0.3) is 0 Å². The van der Waals surface area contributed by atoms with Gasteiger partial charge in [-0.05, 0) is 68.1 Å². The number of benzene rings is 2. The molecule has 2 rings (SSSR count). The maximum Gasteiger partial charge on any atom is 0.241 e. The van der Waals surface area contributed by atoms with Crippen molar-refractivity contribution in [2.75, 3.05) is 11.9 Å². The van der Waals surface area contributed by atoms with Crippen LogP contribution in [-0.4, -0.2) is 20.9 Å². The molecule has 0 aliphatic rings. The highest BCUT2D eigenvalue weighted by atomic mass is 32.2. The molecule has 0 saturated carbocycles. The van der Waals surface area contributed by atoms with Crippen LogP contribution in [0, 0.1) is 27.7 Å². The molecule has 2 N–H and O–H groups in total. The molecule has 0 aromatic heterocycles. The number of hydrogen-bond donors (Lipinski definition) is 2. The zero-order chi connectivity index (χ0) is 17.9. The average molecular weight is 346 g/mol. The van der Waals surface area contributed by atoms with Crippen molar-refractivity contribution in [2.45, 2.75) is 32.6 Å². The molecule has 5 nitrogen and oxygen atoms in total. The molecular formula is C18H22N2O3S. The lowest BCUT2D eigenvalue weighted by atomic mass is 10.1. The van der Waals surface area contributed by atoms with Gasteiger partial charge in [0.1, 0.15) is 0 Å². The number of amides is 1. The molecule has 0 unspecified atom stereocenters. The zero-order valence-electron chi connectivity index (χ0n) is 14.3. The van der Waals surface area contributed by atoms with Gasteiger partial charge in [-0.15, -0.1) is 0 Å². The molecule has 0 spiro atoms. The van der Waals surface area contributed by atoms with Crippen molar-refractivity contribution in [3.8, 4) is 0 Å². The van der Waals surface area contributed by atoms with Crippen molar-refractivity contribution in [3.63, 3.8) is 0 Å². The van der Waals surface area contributed by atoms with Crippen LogP contribution >= 0.6 is 0 Å². The number of hydrogen-bond acceptors (Lipinski definition) is 3. The molecule has 128 valence electrons. The van der Waals surface area contributed by atoms with Crippen molar-refractivity contribution in [2.24, 2.45) is 0 Å². The number of carbonyl (C=O) groups is 1. The third-order valence-electron chi connectivity index (χ3n) is 4.09. The first-order valence-electron chi connectivity index (χ1n) is 7.63. The van der Waals surface area contributed by atoms with Gasteiger partial charge in [-0.1, -0.05) is 18.2 Å². The van der Waals surface area contributed by atoms with Crippen LogP contribution < -0.4 is 10.0 Å². The number of nitrogens with one attached hydrogen (secondary N) is 2. The second-order valence-corrected chi connectivity index (χ2v) is 7.63. The lowest BCUT2D eigenvalue weighted by molar-refractivity contribution is -0.115. The average Bonchev–Trinajstić information content (AvgIpc) is 2.52. The first kappa shape index (κ1) is 18.2. The molecule has 24 heavy (non-hydrogen) atoms. The summed E-state index contributed by atoms with van der Waals surface area (Å²) in [6.07, 6.45) is 0. The Hall–Kier alpha value is -2.18. The zero-order valence-corrected chi connectivity index (χ0v) is 15.1. The SMILES string of the molecule is Cc1ccc(S(=O)(=O)NCC(=O)Nc2cccc(C)c2C)cc1C. The van der Waals surface area contributed by atoms with E-state index in [0.29, 0.717) is 5.69 Å². The van der Waals surface area contributed by atoms with E-state index < -0.39 is 15.9 Å². The number of aryl methyl sites for hydroxylation is 3. The van der Waals surface area contributed by atoms with E-state index in [1.54, 1.807) is 18.2 Å². The smallest absolute Gasteiger partial charge is 0.241 e. The predicted octanol–water partition coefficient (Wildman–Crippen LogP) is 2.84. The summed E-state index contributed by atoms with van der Waals surface area (Å²) in [5.41, 5.74) is 4.61. The van der Waals surface area contributed by atoms with Crippen molar-refractivity contribution < 1.29 is 13.2 Å². The first-order chi connectivity index (χ1) is 11.2. The summed E-state index contributed by atoms with van der Waals surface area (Å²) < 4.78 is 26.9. The van der Waals surface area contributed by atoms with Crippen molar-refractivity contribution >= 4 is 21.6 Å². The third-order valence-corrected chi connectivity index (χ3v) is 5.49. The maximum atomic E-state index is 12.3. The molecule has 2 aromatic rings. The highest BCUT2D eigenvalue weighted by Crippen LogP contribution is 2.18. The van der Waals surface area contributed by atoms with Gasteiger partial charge in [0.05, 0.1) is 11.4 Å². The molecule has 0 bridgehead atoms. The minimum Gasteiger partial charge on any atom is -0.325 e. The molecule has 0 aliphatic carbocycles. The van der Waals surface area contributed by atoms with Crippen molar-refractivity contribution in [1.29, 1.82) is 0 Å². The van der Waals surface area contributed by atoms with E-state index >= 15 is 0 Å². The lowest BCUT2D eigenvalue weighted by Crippen LogP contribution is -2.33. The Balaban J connectivity index is 2.05. The summed E-state index contributed by atoms with van der Waals surface area (Å²) in [6.45, 7) is 7.30. The van der Waals surface area contributed by atoms with Crippen LogP contribution in [0.15, 0.2) is 41.3 Å². The van der Waals surface area contributed by atoms with Crippen LogP contribution in [0.5, 0.6) is 0 Å². The molecule has 1 amide bonds. The summed E-state index contributed by atoms with van der Waals surface area (Å²) in [6, 6.07) is 10.5. The van der Waals surface area contributed by atoms with E-state index in [1.165, 1.54) is 6.07 Å². The number of anilines is 1. The number of sulfonamides is 1. The molecule has 6 heteroatoms. The minimum absolute atomic E-state index is 0.158. The van der Waals surface area contributed by atoms with E-state index in [1.807, 2.05) is 39.8 Å². The van der Waals surface area contributed by atoms with Crippen molar-refractivity contribution in [1.82, 2.24) is 4.72 Å². The van der Waals surface area contributed by atoms with Crippen molar-refractivity contribution in [3.05, 3.63) is 58.7 Å².